The number of carbonyl (C=O) groups is 1. The van der Waals surface area contributed by atoms with Gasteiger partial charge in [-0.05, 0) is 42.6 Å². The molecule has 0 atom stereocenters. The van der Waals surface area contributed by atoms with Crippen LogP contribution < -0.4 is 4.74 Å². The van der Waals surface area contributed by atoms with E-state index in [0.717, 1.165) is 16.3 Å². The molecule has 0 aliphatic rings. The van der Waals surface area contributed by atoms with Gasteiger partial charge in [-0.15, -0.1) is 11.3 Å². The number of oxazole rings is 1. The Bertz CT molecular complexity index is 856. The number of likely N-dealkylation sites (N-methyl/N-ethyl adjacent to an activating group) is 1. The summed E-state index contributed by atoms with van der Waals surface area (Å²) >= 11 is 1.57. The van der Waals surface area contributed by atoms with Gasteiger partial charge in [-0.3, -0.25) is 4.79 Å². The van der Waals surface area contributed by atoms with Crippen LogP contribution in [0.1, 0.15) is 21.8 Å². The fourth-order valence-corrected chi connectivity index (χ4v) is 3.03. The van der Waals surface area contributed by atoms with E-state index < -0.39 is 0 Å². The zero-order valence-electron chi connectivity index (χ0n) is 14.6. The van der Waals surface area contributed by atoms with Gasteiger partial charge in [-0.25, -0.2) is 4.98 Å². The van der Waals surface area contributed by atoms with Crippen molar-refractivity contribution in [3.8, 4) is 16.5 Å². The van der Waals surface area contributed by atoms with Crippen LogP contribution in [-0.4, -0.2) is 41.1 Å². The predicted molar refractivity (Wildman–Crippen MR) is 99.4 cm³/mol. The zero-order chi connectivity index (χ0) is 18.5. The summed E-state index contributed by atoms with van der Waals surface area (Å²) in [6.45, 7) is 2.39. The van der Waals surface area contributed by atoms with Crippen LogP contribution in [0.5, 0.6) is 5.75 Å². The highest BCUT2D eigenvalue weighted by molar-refractivity contribution is 7.13. The summed E-state index contributed by atoms with van der Waals surface area (Å²) in [5.41, 5.74) is 1.29. The smallest absolute Gasteiger partial charge is 0.253 e. The Labute approximate surface area is 155 Å². The number of hydrogen-bond acceptors (Lipinski definition) is 6. The van der Waals surface area contributed by atoms with E-state index in [-0.39, 0.29) is 12.5 Å². The minimum Gasteiger partial charge on any atom is -0.487 e. The Hall–Kier alpha value is -2.64. The molecule has 3 rings (SSSR count). The summed E-state index contributed by atoms with van der Waals surface area (Å²) < 4.78 is 11.5. The molecule has 6 nitrogen and oxygen atoms in total. The molecule has 2 aromatic heterocycles. The normalized spacial score (nSPS) is 10.7. The molecule has 0 bridgehead atoms. The second-order valence-electron chi connectivity index (χ2n) is 5.76. The first kappa shape index (κ1) is 18.2. The van der Waals surface area contributed by atoms with Crippen LogP contribution in [0.4, 0.5) is 0 Å². The van der Waals surface area contributed by atoms with Gasteiger partial charge in [0.05, 0.1) is 11.5 Å². The molecule has 1 amide bonds. The first-order valence-corrected chi connectivity index (χ1v) is 9.06. The second kappa shape index (κ2) is 8.16. The topological polar surface area (TPSA) is 75.8 Å². The number of nitrogens with zero attached hydrogens (tertiary/aromatic N) is 2. The van der Waals surface area contributed by atoms with Crippen molar-refractivity contribution < 1.29 is 19.1 Å². The minimum atomic E-state index is -0.140. The number of amides is 1. The van der Waals surface area contributed by atoms with E-state index in [1.54, 1.807) is 42.6 Å². The molecule has 0 saturated carbocycles. The standard InChI is InChI=1S/C19H20N2O4S/c1-13-16(20-18(25-13)17-4-3-11-26-17)12-24-15-7-5-14(6-8-15)19(23)21(2)9-10-22/h3-8,11,22H,9-10,12H2,1-2H3. The van der Waals surface area contributed by atoms with Crippen molar-refractivity contribution in [2.75, 3.05) is 20.2 Å². The molecule has 3 aromatic rings. The number of rotatable bonds is 7. The SMILES string of the molecule is Cc1oc(-c2cccs2)nc1COc1ccc(C(=O)N(C)CCO)cc1. The molecule has 0 saturated heterocycles. The van der Waals surface area contributed by atoms with Crippen LogP contribution in [0.2, 0.25) is 0 Å². The van der Waals surface area contributed by atoms with Crippen molar-refractivity contribution in [2.45, 2.75) is 13.5 Å². The van der Waals surface area contributed by atoms with Gasteiger partial charge in [0.1, 0.15) is 23.8 Å². The van der Waals surface area contributed by atoms with Gasteiger partial charge >= 0.3 is 0 Å². The van der Waals surface area contributed by atoms with E-state index in [1.807, 2.05) is 24.4 Å². The molecule has 2 heterocycles. The molecule has 0 unspecified atom stereocenters. The number of hydrogen-bond donors (Lipinski definition) is 1. The molecule has 1 N–H and O–H groups in total. The van der Waals surface area contributed by atoms with Gasteiger partial charge in [-0.2, -0.15) is 0 Å². The molecule has 136 valence electrons. The van der Waals surface area contributed by atoms with E-state index in [9.17, 15) is 4.79 Å². The first-order valence-electron chi connectivity index (χ1n) is 8.18. The lowest BCUT2D eigenvalue weighted by Crippen LogP contribution is -2.29. The highest BCUT2D eigenvalue weighted by atomic mass is 32.1. The van der Waals surface area contributed by atoms with Crippen LogP contribution in [0.15, 0.2) is 46.2 Å². The van der Waals surface area contributed by atoms with Crippen LogP contribution in [0, 0.1) is 6.92 Å². The summed E-state index contributed by atoms with van der Waals surface area (Å²) in [5, 5.41) is 10.9. The van der Waals surface area contributed by atoms with Crippen molar-refractivity contribution in [1.29, 1.82) is 0 Å². The molecular weight excluding hydrogens is 352 g/mol. The molecule has 0 aliphatic carbocycles. The lowest BCUT2D eigenvalue weighted by Gasteiger charge is -2.15. The Balaban J connectivity index is 1.63. The van der Waals surface area contributed by atoms with E-state index in [4.69, 9.17) is 14.3 Å². The first-order chi connectivity index (χ1) is 12.6. The average Bonchev–Trinajstić information content (AvgIpc) is 3.30. The fraction of sp³-hybridized carbons (Fsp3) is 0.263. The van der Waals surface area contributed by atoms with Crippen molar-refractivity contribution in [3.63, 3.8) is 0 Å². The molecule has 0 radical (unpaired) electrons. The number of ether oxygens (including phenoxy) is 1. The van der Waals surface area contributed by atoms with E-state index in [1.165, 1.54) is 4.90 Å². The third-order valence-electron chi connectivity index (χ3n) is 3.88. The lowest BCUT2D eigenvalue weighted by molar-refractivity contribution is 0.0767. The fourth-order valence-electron chi connectivity index (χ4n) is 2.38. The Morgan fingerprint density at radius 1 is 1.31 bits per heavy atom. The minimum absolute atomic E-state index is 0.0616. The summed E-state index contributed by atoms with van der Waals surface area (Å²) in [6.07, 6.45) is 0. The highest BCUT2D eigenvalue weighted by Gasteiger charge is 2.14. The molecule has 7 heteroatoms. The Morgan fingerprint density at radius 2 is 2.08 bits per heavy atom. The molecule has 0 spiro atoms. The number of aliphatic hydroxyl groups excluding tert-OH is 1. The van der Waals surface area contributed by atoms with Gasteiger partial charge in [0, 0.05) is 19.2 Å². The van der Waals surface area contributed by atoms with Gasteiger partial charge in [-0.1, -0.05) is 6.07 Å². The largest absolute Gasteiger partial charge is 0.487 e. The maximum absolute atomic E-state index is 12.1. The lowest BCUT2D eigenvalue weighted by atomic mass is 10.2. The van der Waals surface area contributed by atoms with Gasteiger partial charge in [0.15, 0.2) is 0 Å². The van der Waals surface area contributed by atoms with Gasteiger partial charge in [0.2, 0.25) is 5.89 Å². The van der Waals surface area contributed by atoms with Crippen LogP contribution in [0.25, 0.3) is 10.8 Å². The van der Waals surface area contributed by atoms with Crippen LogP contribution >= 0.6 is 11.3 Å². The Kier molecular flexibility index (Phi) is 5.70. The highest BCUT2D eigenvalue weighted by Crippen LogP contribution is 2.26. The maximum Gasteiger partial charge on any atom is 0.253 e. The third kappa shape index (κ3) is 4.12. The molecular formula is C19H20N2O4S. The number of aliphatic hydroxyl groups is 1. The number of aryl methyl sites for hydroxylation is 1. The van der Waals surface area contributed by atoms with Crippen LogP contribution in [-0.2, 0) is 6.61 Å². The summed E-state index contributed by atoms with van der Waals surface area (Å²) in [7, 11) is 1.65. The molecule has 0 fully saturated rings. The summed E-state index contributed by atoms with van der Waals surface area (Å²) in [6, 6.07) is 10.8. The Morgan fingerprint density at radius 3 is 2.73 bits per heavy atom. The number of carbonyl (C=O) groups excluding carboxylic acids is 1. The number of aromatic nitrogens is 1. The van der Waals surface area contributed by atoms with Crippen molar-refractivity contribution >= 4 is 17.2 Å². The molecule has 26 heavy (non-hydrogen) atoms. The predicted octanol–water partition coefficient (Wildman–Crippen LogP) is 3.35. The molecule has 1 aromatic carbocycles. The molecule has 0 aliphatic heterocycles. The second-order valence-corrected chi connectivity index (χ2v) is 6.71. The van der Waals surface area contributed by atoms with E-state index in [2.05, 4.69) is 4.98 Å². The van der Waals surface area contributed by atoms with Gasteiger partial charge in [0.25, 0.3) is 5.91 Å². The van der Waals surface area contributed by atoms with Crippen molar-refractivity contribution in [1.82, 2.24) is 9.88 Å². The van der Waals surface area contributed by atoms with Crippen molar-refractivity contribution in [2.24, 2.45) is 0 Å². The van der Waals surface area contributed by atoms with E-state index in [0.29, 0.717) is 30.4 Å². The average molecular weight is 372 g/mol. The summed E-state index contributed by atoms with van der Waals surface area (Å²) in [4.78, 5) is 19.1. The quantitative estimate of drug-likeness (QED) is 0.688. The van der Waals surface area contributed by atoms with Crippen LogP contribution in [0.3, 0.4) is 0 Å². The van der Waals surface area contributed by atoms with Gasteiger partial charge < -0.3 is 19.2 Å². The van der Waals surface area contributed by atoms with Crippen molar-refractivity contribution in [3.05, 3.63) is 58.8 Å². The monoisotopic (exact) mass is 372 g/mol. The summed E-state index contributed by atoms with van der Waals surface area (Å²) in [5.74, 6) is 1.83. The number of thiophene rings is 1. The van der Waals surface area contributed by atoms with E-state index >= 15 is 0 Å². The zero-order valence-corrected chi connectivity index (χ0v) is 15.5. The number of benzene rings is 1. The third-order valence-corrected chi connectivity index (χ3v) is 4.74. The maximum atomic E-state index is 12.1.